The summed E-state index contributed by atoms with van der Waals surface area (Å²) in [5.74, 6) is -0.150. The first-order chi connectivity index (χ1) is 13.1. The van der Waals surface area contributed by atoms with Crippen molar-refractivity contribution in [2.45, 2.75) is 36.4 Å². The molecule has 3 aliphatic rings. The van der Waals surface area contributed by atoms with Crippen LogP contribution in [0.2, 0.25) is 5.02 Å². The van der Waals surface area contributed by atoms with Gasteiger partial charge < -0.3 is 9.80 Å². The smallest absolute Gasteiger partial charge is 0.338 e. The predicted molar refractivity (Wildman–Crippen MR) is 97.4 cm³/mol. The molecule has 11 heteroatoms. The van der Waals surface area contributed by atoms with Gasteiger partial charge in [0.25, 0.3) is 0 Å². The number of rotatable bonds is 5. The zero-order valence-electron chi connectivity index (χ0n) is 15.0. The molecule has 3 aliphatic heterocycles. The summed E-state index contributed by atoms with van der Waals surface area (Å²) in [6, 6.07) is 2.57. The van der Waals surface area contributed by atoms with Gasteiger partial charge in [0.15, 0.2) is 0 Å². The van der Waals surface area contributed by atoms with Crippen LogP contribution in [0.15, 0.2) is 23.1 Å². The maximum absolute atomic E-state index is 12.9. The molecule has 3 fully saturated rings. The van der Waals surface area contributed by atoms with Crippen LogP contribution >= 0.6 is 11.6 Å². The van der Waals surface area contributed by atoms with E-state index in [4.69, 9.17) is 11.6 Å². The summed E-state index contributed by atoms with van der Waals surface area (Å²) in [6.45, 7) is 3.15. The zero-order valence-corrected chi connectivity index (χ0v) is 16.6. The fourth-order valence-corrected chi connectivity index (χ4v) is 4.91. The number of fused-ring (bicyclic) bond motifs is 4. The lowest BCUT2D eigenvalue weighted by atomic mass is 10.1. The molecule has 6 nitrogen and oxygen atoms in total. The van der Waals surface area contributed by atoms with Crippen molar-refractivity contribution in [3.8, 4) is 0 Å². The molecule has 0 spiro atoms. The van der Waals surface area contributed by atoms with E-state index < -0.39 is 31.7 Å². The second-order valence-electron chi connectivity index (χ2n) is 6.95. The van der Waals surface area contributed by atoms with E-state index in [1.54, 1.807) is 4.90 Å². The normalized spacial score (nSPS) is 22.9. The summed E-state index contributed by atoms with van der Waals surface area (Å²) >= 11 is 5.52. The number of hydrogen-bond donors (Lipinski definition) is 1. The number of halogens is 4. The van der Waals surface area contributed by atoms with Crippen molar-refractivity contribution in [2.24, 2.45) is 0 Å². The Labute approximate surface area is 166 Å². The average Bonchev–Trinajstić information content (AvgIpc) is 2.94. The Kier molecular flexibility index (Phi) is 6.23. The molecule has 0 saturated carbocycles. The Hall–Kier alpha value is -1.36. The minimum Gasteiger partial charge on any atom is -0.338 e. The molecule has 1 N–H and O–H groups in total. The second-order valence-corrected chi connectivity index (χ2v) is 9.12. The first-order valence-corrected chi connectivity index (χ1v) is 10.8. The van der Waals surface area contributed by atoms with Crippen LogP contribution in [-0.2, 0) is 21.0 Å². The van der Waals surface area contributed by atoms with Crippen LogP contribution < -0.4 is 4.72 Å². The van der Waals surface area contributed by atoms with Gasteiger partial charge >= 0.3 is 6.18 Å². The van der Waals surface area contributed by atoms with Crippen LogP contribution in [0.3, 0.4) is 0 Å². The van der Waals surface area contributed by atoms with Crippen LogP contribution in [0, 0.1) is 0 Å². The average molecular weight is 440 g/mol. The van der Waals surface area contributed by atoms with Crippen molar-refractivity contribution >= 4 is 27.5 Å². The van der Waals surface area contributed by atoms with E-state index in [0.717, 1.165) is 44.6 Å². The van der Waals surface area contributed by atoms with Gasteiger partial charge in [-0.3, -0.25) is 4.79 Å². The van der Waals surface area contributed by atoms with Crippen molar-refractivity contribution in [1.82, 2.24) is 14.5 Å². The molecule has 0 unspecified atom stereocenters. The maximum Gasteiger partial charge on any atom is 0.417 e. The Morgan fingerprint density at radius 1 is 1.18 bits per heavy atom. The summed E-state index contributed by atoms with van der Waals surface area (Å²) in [4.78, 5) is 16.0. The van der Waals surface area contributed by atoms with E-state index in [9.17, 15) is 26.4 Å². The van der Waals surface area contributed by atoms with E-state index in [2.05, 4.69) is 9.62 Å². The third-order valence-corrected chi connectivity index (χ3v) is 6.95. The number of amides is 1. The highest BCUT2D eigenvalue weighted by Crippen LogP contribution is 2.35. The largest absolute Gasteiger partial charge is 0.417 e. The Balaban J connectivity index is 1.62. The van der Waals surface area contributed by atoms with Crippen molar-refractivity contribution < 1.29 is 26.4 Å². The highest BCUT2D eigenvalue weighted by molar-refractivity contribution is 7.89. The van der Waals surface area contributed by atoms with Gasteiger partial charge in [0, 0.05) is 45.2 Å². The quantitative estimate of drug-likeness (QED) is 0.764. The Morgan fingerprint density at radius 2 is 1.86 bits per heavy atom. The number of nitrogens with one attached hydrogen (secondary N) is 1. The number of alkyl halides is 3. The highest BCUT2D eigenvalue weighted by Gasteiger charge is 2.35. The van der Waals surface area contributed by atoms with Crippen LogP contribution in [0.4, 0.5) is 13.2 Å². The molecular weight excluding hydrogens is 419 g/mol. The van der Waals surface area contributed by atoms with Gasteiger partial charge in [-0.15, -0.1) is 0 Å². The van der Waals surface area contributed by atoms with Crippen molar-refractivity contribution in [3.63, 3.8) is 0 Å². The molecular formula is C17H21ClF3N3O3S. The lowest BCUT2D eigenvalue weighted by Gasteiger charge is -2.31. The lowest BCUT2D eigenvalue weighted by Crippen LogP contribution is -2.42. The SMILES string of the molecule is O=C(CCNS(=O)(=O)c1ccc(Cl)c(C(F)(F)F)c1)N1CCN2CCC1CC2. The number of sulfonamides is 1. The molecule has 0 aliphatic carbocycles. The fraction of sp³-hybridized carbons (Fsp3) is 0.588. The Morgan fingerprint density at radius 3 is 2.50 bits per heavy atom. The van der Waals surface area contributed by atoms with E-state index in [0.29, 0.717) is 12.6 Å². The highest BCUT2D eigenvalue weighted by atomic mass is 35.5. The molecule has 1 aromatic carbocycles. The minimum absolute atomic E-state index is 0.0462. The topological polar surface area (TPSA) is 69.7 Å². The molecule has 1 aromatic rings. The van der Waals surface area contributed by atoms with Gasteiger partial charge in [0.1, 0.15) is 0 Å². The summed E-state index contributed by atoms with van der Waals surface area (Å²) in [7, 11) is -4.19. The summed E-state index contributed by atoms with van der Waals surface area (Å²) in [5.41, 5.74) is -1.22. The lowest BCUT2D eigenvalue weighted by molar-refractivity contribution is -0.137. The van der Waals surface area contributed by atoms with Gasteiger partial charge in [-0.1, -0.05) is 11.6 Å². The zero-order chi connectivity index (χ0) is 20.5. The van der Waals surface area contributed by atoms with Crippen LogP contribution in [0.25, 0.3) is 0 Å². The minimum atomic E-state index is -4.76. The summed E-state index contributed by atoms with van der Waals surface area (Å²) in [5, 5.41) is -0.576. The number of benzene rings is 1. The molecule has 28 heavy (non-hydrogen) atoms. The van der Waals surface area contributed by atoms with Gasteiger partial charge in [-0.25, -0.2) is 13.1 Å². The van der Waals surface area contributed by atoms with E-state index in [-0.39, 0.29) is 24.9 Å². The van der Waals surface area contributed by atoms with Gasteiger partial charge in [-0.05, 0) is 31.0 Å². The molecule has 0 radical (unpaired) electrons. The van der Waals surface area contributed by atoms with Crippen molar-refractivity contribution in [1.29, 1.82) is 0 Å². The summed E-state index contributed by atoms with van der Waals surface area (Å²) in [6.07, 6.45) is -3.00. The molecule has 3 heterocycles. The number of carbonyl (C=O) groups is 1. The third-order valence-electron chi connectivity index (χ3n) is 5.16. The number of hydrogen-bond acceptors (Lipinski definition) is 4. The van der Waals surface area contributed by atoms with Gasteiger partial charge in [0.2, 0.25) is 15.9 Å². The van der Waals surface area contributed by atoms with Crippen LogP contribution in [0.5, 0.6) is 0 Å². The first kappa shape index (κ1) is 21.4. The molecule has 0 aromatic heterocycles. The third kappa shape index (κ3) is 4.79. The van der Waals surface area contributed by atoms with E-state index >= 15 is 0 Å². The number of carbonyl (C=O) groups excluding carboxylic acids is 1. The summed E-state index contributed by atoms with van der Waals surface area (Å²) < 4.78 is 65.6. The van der Waals surface area contributed by atoms with Crippen molar-refractivity contribution in [3.05, 3.63) is 28.8 Å². The molecule has 156 valence electrons. The molecule has 4 rings (SSSR count). The fourth-order valence-electron chi connectivity index (χ4n) is 3.62. The maximum atomic E-state index is 12.9. The first-order valence-electron chi connectivity index (χ1n) is 8.96. The van der Waals surface area contributed by atoms with E-state index in [1.165, 1.54) is 0 Å². The molecule has 2 bridgehead atoms. The number of piperidine rings is 1. The predicted octanol–water partition coefficient (Wildman–Crippen LogP) is 2.33. The number of nitrogens with zero attached hydrogens (tertiary/aromatic N) is 2. The molecule has 0 atom stereocenters. The molecule has 3 saturated heterocycles. The monoisotopic (exact) mass is 439 g/mol. The van der Waals surface area contributed by atoms with E-state index in [1.807, 2.05) is 0 Å². The standard InChI is InChI=1S/C17H21ClF3N3O3S/c18-15-2-1-13(11-14(15)17(19,20)21)28(26,27)22-6-3-16(25)24-10-9-23-7-4-12(24)5-8-23/h1-2,11-12,22H,3-10H2. The van der Waals surface area contributed by atoms with Crippen LogP contribution in [-0.4, -0.2) is 62.9 Å². The van der Waals surface area contributed by atoms with Gasteiger partial charge in [-0.2, -0.15) is 13.2 Å². The van der Waals surface area contributed by atoms with Crippen molar-refractivity contribution in [2.75, 3.05) is 32.7 Å². The molecule has 1 amide bonds. The Bertz CT molecular complexity index is 840. The van der Waals surface area contributed by atoms with Crippen LogP contribution in [0.1, 0.15) is 24.8 Å². The van der Waals surface area contributed by atoms with Gasteiger partial charge in [0.05, 0.1) is 15.5 Å². The second kappa shape index (κ2) is 8.17.